The van der Waals surface area contributed by atoms with E-state index in [0.717, 1.165) is 18.9 Å². The number of carbonyl (C=O) groups is 1. The van der Waals surface area contributed by atoms with Gasteiger partial charge in [-0.3, -0.25) is 4.79 Å². The van der Waals surface area contributed by atoms with Gasteiger partial charge < -0.3 is 10.6 Å². The highest BCUT2D eigenvalue weighted by Crippen LogP contribution is 2.30. The normalized spacial score (nSPS) is 17.0. The van der Waals surface area contributed by atoms with Crippen molar-refractivity contribution in [2.45, 2.75) is 46.0 Å². The molecule has 1 saturated carbocycles. The van der Waals surface area contributed by atoms with E-state index < -0.39 is 0 Å². The van der Waals surface area contributed by atoms with Crippen molar-refractivity contribution < 1.29 is 4.79 Å². The van der Waals surface area contributed by atoms with Crippen molar-refractivity contribution in [1.82, 2.24) is 4.90 Å². The van der Waals surface area contributed by atoms with E-state index in [9.17, 15) is 4.79 Å². The zero-order valence-electron chi connectivity index (χ0n) is 11.0. The Morgan fingerprint density at radius 2 is 2.06 bits per heavy atom. The Morgan fingerprint density at radius 1 is 1.44 bits per heavy atom. The maximum absolute atomic E-state index is 12.1. The van der Waals surface area contributed by atoms with Crippen molar-refractivity contribution in [1.29, 1.82) is 0 Å². The van der Waals surface area contributed by atoms with E-state index >= 15 is 0 Å². The Labute approximate surface area is 99.4 Å². The fourth-order valence-corrected chi connectivity index (χ4v) is 2.24. The lowest BCUT2D eigenvalue weighted by atomic mass is 9.82. The lowest BCUT2D eigenvalue weighted by Gasteiger charge is -2.32. The molecule has 0 aromatic carbocycles. The van der Waals surface area contributed by atoms with Gasteiger partial charge in [0.1, 0.15) is 0 Å². The Bertz CT molecular complexity index is 234. The van der Waals surface area contributed by atoms with Crippen LogP contribution in [0.5, 0.6) is 0 Å². The van der Waals surface area contributed by atoms with E-state index in [-0.39, 0.29) is 11.3 Å². The standard InChI is InChI=1S/C13H26N2O/c1-13(2,8-9-14)12(16)15(3)10-7-11-5-4-6-11/h11H,4-10,14H2,1-3H3. The first-order chi connectivity index (χ1) is 7.47. The van der Waals surface area contributed by atoms with Crippen molar-refractivity contribution in [2.24, 2.45) is 17.1 Å². The Hall–Kier alpha value is -0.570. The van der Waals surface area contributed by atoms with Gasteiger partial charge in [0.2, 0.25) is 5.91 Å². The summed E-state index contributed by atoms with van der Waals surface area (Å²) in [7, 11) is 1.92. The van der Waals surface area contributed by atoms with Gasteiger partial charge >= 0.3 is 0 Å². The minimum absolute atomic E-state index is 0.234. The van der Waals surface area contributed by atoms with Crippen LogP contribution < -0.4 is 5.73 Å². The third-order valence-electron chi connectivity index (χ3n) is 3.79. The van der Waals surface area contributed by atoms with Crippen LogP contribution in [-0.2, 0) is 4.79 Å². The number of nitrogens with zero attached hydrogens (tertiary/aromatic N) is 1. The number of amides is 1. The summed E-state index contributed by atoms with van der Waals surface area (Å²) < 4.78 is 0. The predicted octanol–water partition coefficient (Wildman–Crippen LogP) is 2.01. The molecule has 3 heteroatoms. The van der Waals surface area contributed by atoms with Crippen LogP contribution in [0.25, 0.3) is 0 Å². The first-order valence-corrected chi connectivity index (χ1v) is 6.43. The quantitative estimate of drug-likeness (QED) is 0.753. The van der Waals surface area contributed by atoms with Crippen LogP contribution >= 0.6 is 0 Å². The highest BCUT2D eigenvalue weighted by Gasteiger charge is 2.30. The average Bonchev–Trinajstić information content (AvgIpc) is 2.13. The summed E-state index contributed by atoms with van der Waals surface area (Å²) in [6.07, 6.45) is 6.02. The summed E-state index contributed by atoms with van der Waals surface area (Å²) in [5.41, 5.74) is 5.23. The van der Waals surface area contributed by atoms with Crippen LogP contribution in [0.1, 0.15) is 46.0 Å². The van der Waals surface area contributed by atoms with E-state index in [0.29, 0.717) is 6.54 Å². The van der Waals surface area contributed by atoms with Gasteiger partial charge in [-0.25, -0.2) is 0 Å². The molecule has 0 spiro atoms. The molecule has 0 unspecified atom stereocenters. The summed E-state index contributed by atoms with van der Waals surface area (Å²) in [6, 6.07) is 0. The maximum atomic E-state index is 12.1. The molecule has 3 nitrogen and oxygen atoms in total. The summed E-state index contributed by atoms with van der Waals surface area (Å²) >= 11 is 0. The highest BCUT2D eigenvalue weighted by atomic mass is 16.2. The fourth-order valence-electron chi connectivity index (χ4n) is 2.24. The zero-order chi connectivity index (χ0) is 12.2. The van der Waals surface area contributed by atoms with Gasteiger partial charge in [0.15, 0.2) is 0 Å². The lowest BCUT2D eigenvalue weighted by molar-refractivity contribution is -0.139. The van der Waals surface area contributed by atoms with Crippen molar-refractivity contribution in [3.05, 3.63) is 0 Å². The molecule has 0 aliphatic heterocycles. The molecule has 0 radical (unpaired) electrons. The molecule has 94 valence electrons. The van der Waals surface area contributed by atoms with E-state index in [4.69, 9.17) is 5.73 Å². The minimum Gasteiger partial charge on any atom is -0.345 e. The SMILES string of the molecule is CN(CCC1CCC1)C(=O)C(C)(C)CCN. The van der Waals surface area contributed by atoms with Crippen LogP contribution in [-0.4, -0.2) is 30.9 Å². The second-order valence-corrected chi connectivity index (χ2v) is 5.73. The molecule has 0 aromatic heterocycles. The van der Waals surface area contributed by atoms with E-state index in [1.54, 1.807) is 0 Å². The molecule has 1 amide bonds. The van der Waals surface area contributed by atoms with E-state index in [1.165, 1.54) is 25.7 Å². The molecule has 1 fully saturated rings. The van der Waals surface area contributed by atoms with Crippen molar-refractivity contribution in [3.8, 4) is 0 Å². The molecule has 16 heavy (non-hydrogen) atoms. The highest BCUT2D eigenvalue weighted by molar-refractivity contribution is 5.81. The average molecular weight is 226 g/mol. The predicted molar refractivity (Wildman–Crippen MR) is 67.0 cm³/mol. The van der Waals surface area contributed by atoms with Crippen molar-refractivity contribution >= 4 is 5.91 Å². The van der Waals surface area contributed by atoms with Crippen molar-refractivity contribution in [3.63, 3.8) is 0 Å². The van der Waals surface area contributed by atoms with Crippen LogP contribution in [0.4, 0.5) is 0 Å². The number of rotatable bonds is 6. The zero-order valence-corrected chi connectivity index (χ0v) is 11.0. The number of hydrogen-bond acceptors (Lipinski definition) is 2. The molecule has 0 bridgehead atoms. The van der Waals surface area contributed by atoms with Gasteiger partial charge in [0.05, 0.1) is 0 Å². The van der Waals surface area contributed by atoms with Gasteiger partial charge in [-0.1, -0.05) is 33.1 Å². The molecular formula is C13H26N2O. The number of hydrogen-bond donors (Lipinski definition) is 1. The van der Waals surface area contributed by atoms with Gasteiger partial charge in [-0.05, 0) is 25.3 Å². The summed E-state index contributed by atoms with van der Waals surface area (Å²) in [6.45, 7) is 5.46. The summed E-state index contributed by atoms with van der Waals surface area (Å²) in [5, 5.41) is 0. The second kappa shape index (κ2) is 5.67. The largest absolute Gasteiger partial charge is 0.345 e. The monoisotopic (exact) mass is 226 g/mol. The molecule has 0 saturated heterocycles. The van der Waals surface area contributed by atoms with E-state index in [1.807, 2.05) is 25.8 Å². The smallest absolute Gasteiger partial charge is 0.228 e. The maximum Gasteiger partial charge on any atom is 0.228 e. The fraction of sp³-hybridized carbons (Fsp3) is 0.923. The van der Waals surface area contributed by atoms with Gasteiger partial charge in [0.25, 0.3) is 0 Å². The first-order valence-electron chi connectivity index (χ1n) is 6.43. The molecule has 0 atom stereocenters. The first kappa shape index (κ1) is 13.5. The lowest BCUT2D eigenvalue weighted by Crippen LogP contribution is -2.40. The molecule has 1 rings (SSSR count). The van der Waals surface area contributed by atoms with Crippen LogP contribution in [0, 0.1) is 11.3 Å². The summed E-state index contributed by atoms with van der Waals surface area (Å²) in [4.78, 5) is 14.0. The van der Waals surface area contributed by atoms with Crippen molar-refractivity contribution in [2.75, 3.05) is 20.1 Å². The van der Waals surface area contributed by atoms with Gasteiger partial charge in [0, 0.05) is 19.0 Å². The Kier molecular flexibility index (Phi) is 4.78. The van der Waals surface area contributed by atoms with Gasteiger partial charge in [-0.2, -0.15) is 0 Å². The minimum atomic E-state index is -0.302. The topological polar surface area (TPSA) is 46.3 Å². The molecule has 1 aliphatic carbocycles. The van der Waals surface area contributed by atoms with Crippen LogP contribution in [0.15, 0.2) is 0 Å². The van der Waals surface area contributed by atoms with Crippen LogP contribution in [0.3, 0.4) is 0 Å². The number of carbonyl (C=O) groups excluding carboxylic acids is 1. The molecule has 2 N–H and O–H groups in total. The third kappa shape index (κ3) is 3.48. The number of nitrogens with two attached hydrogens (primary N) is 1. The van der Waals surface area contributed by atoms with Crippen LogP contribution in [0.2, 0.25) is 0 Å². The van der Waals surface area contributed by atoms with Gasteiger partial charge in [-0.15, -0.1) is 0 Å². The Morgan fingerprint density at radius 3 is 2.50 bits per heavy atom. The van der Waals surface area contributed by atoms with E-state index in [2.05, 4.69) is 0 Å². The molecule has 1 aliphatic rings. The Balaban J connectivity index is 2.33. The molecular weight excluding hydrogens is 200 g/mol. The summed E-state index contributed by atoms with van der Waals surface area (Å²) in [5.74, 6) is 1.10. The molecule has 0 heterocycles. The molecule has 0 aromatic rings. The third-order valence-corrected chi connectivity index (χ3v) is 3.79. The second-order valence-electron chi connectivity index (χ2n) is 5.73.